The number of imide groups is 1. The molecular weight excluding hydrogens is 412 g/mol. The van der Waals surface area contributed by atoms with Gasteiger partial charge in [0.2, 0.25) is 0 Å². The van der Waals surface area contributed by atoms with E-state index in [0.717, 1.165) is 16.0 Å². The van der Waals surface area contributed by atoms with Gasteiger partial charge in [0, 0.05) is 11.8 Å². The Balaban J connectivity index is 3.32. The molecule has 0 aliphatic rings. The Morgan fingerprint density at radius 2 is 1.32 bits per heavy atom. The Labute approximate surface area is 189 Å². The summed E-state index contributed by atoms with van der Waals surface area (Å²) in [4.78, 5) is 30.9. The van der Waals surface area contributed by atoms with Crippen molar-refractivity contribution in [2.45, 2.75) is 105 Å². The SMILES string of the molecule is Cc1cc(N(C(=O)OC(C)(C)C)C(=O)OC(C)(C)C)ncc1C(C)(C)O[SiH2]C(C)(C)C. The highest BCUT2D eigenvalue weighted by Crippen LogP contribution is 2.32. The van der Waals surface area contributed by atoms with Crippen molar-refractivity contribution in [1.82, 2.24) is 4.98 Å². The number of hydrogen-bond acceptors (Lipinski definition) is 6. The summed E-state index contributed by atoms with van der Waals surface area (Å²) in [5.41, 5.74) is -0.326. The molecule has 8 heteroatoms. The Morgan fingerprint density at radius 1 is 0.871 bits per heavy atom. The second kappa shape index (κ2) is 9.28. The van der Waals surface area contributed by atoms with E-state index in [-0.39, 0.29) is 10.9 Å². The number of carbonyl (C=O) groups excluding carboxylic acids is 2. The number of aryl methyl sites for hydroxylation is 1. The molecule has 0 bridgehead atoms. The van der Waals surface area contributed by atoms with Gasteiger partial charge in [-0.25, -0.2) is 14.6 Å². The lowest BCUT2D eigenvalue weighted by Crippen LogP contribution is -2.44. The van der Waals surface area contributed by atoms with E-state index in [9.17, 15) is 9.59 Å². The number of pyridine rings is 1. The average molecular weight is 453 g/mol. The molecule has 2 amide bonds. The summed E-state index contributed by atoms with van der Waals surface area (Å²) in [7, 11) is -0.791. The average Bonchev–Trinajstić information content (AvgIpc) is 2.48. The quantitative estimate of drug-likeness (QED) is 0.552. The summed E-state index contributed by atoms with van der Waals surface area (Å²) in [5.74, 6) is 0.147. The van der Waals surface area contributed by atoms with E-state index in [1.165, 1.54) is 0 Å². The Kier molecular flexibility index (Phi) is 8.11. The van der Waals surface area contributed by atoms with Crippen LogP contribution in [-0.4, -0.2) is 38.1 Å². The van der Waals surface area contributed by atoms with E-state index < -0.39 is 38.8 Å². The fourth-order valence-corrected chi connectivity index (χ4v) is 3.59. The van der Waals surface area contributed by atoms with Crippen LogP contribution in [0.4, 0.5) is 15.4 Å². The van der Waals surface area contributed by atoms with Gasteiger partial charge < -0.3 is 13.9 Å². The number of carbonyl (C=O) groups is 2. The van der Waals surface area contributed by atoms with Crippen molar-refractivity contribution in [2.75, 3.05) is 4.90 Å². The van der Waals surface area contributed by atoms with Crippen LogP contribution in [-0.2, 0) is 19.5 Å². The third-order valence-corrected chi connectivity index (χ3v) is 5.72. The molecule has 7 nitrogen and oxygen atoms in total. The summed E-state index contributed by atoms with van der Waals surface area (Å²) < 4.78 is 17.2. The van der Waals surface area contributed by atoms with Gasteiger partial charge in [0.15, 0.2) is 9.76 Å². The van der Waals surface area contributed by atoms with Gasteiger partial charge in [-0.3, -0.25) is 0 Å². The second-order valence-electron chi connectivity index (χ2n) is 11.5. The zero-order valence-electron chi connectivity index (χ0n) is 21.3. The number of aromatic nitrogens is 1. The monoisotopic (exact) mass is 452 g/mol. The maximum absolute atomic E-state index is 12.8. The van der Waals surface area contributed by atoms with Crippen LogP contribution in [0.15, 0.2) is 12.3 Å². The van der Waals surface area contributed by atoms with Crippen LogP contribution < -0.4 is 4.90 Å². The van der Waals surface area contributed by atoms with Gasteiger partial charge in [-0.2, -0.15) is 4.90 Å². The molecule has 0 aliphatic carbocycles. The standard InChI is InChI=1S/C23H40N2O5Si/c1-15-13-17(24-14-16(15)23(11,12)30-31-22(8,9)10)25(18(26)28-20(2,3)4)19(27)29-21(5,6)7/h13-14H,31H2,1-12H3. The van der Waals surface area contributed by atoms with Crippen LogP contribution in [0.2, 0.25) is 5.04 Å². The molecule has 0 spiro atoms. The van der Waals surface area contributed by atoms with Crippen LogP contribution >= 0.6 is 0 Å². The first-order valence-electron chi connectivity index (χ1n) is 10.6. The van der Waals surface area contributed by atoms with Gasteiger partial charge in [-0.15, -0.1) is 0 Å². The molecule has 0 atom stereocenters. The van der Waals surface area contributed by atoms with Gasteiger partial charge in [0.25, 0.3) is 0 Å². The Hall–Kier alpha value is -1.93. The van der Waals surface area contributed by atoms with E-state index in [1.807, 2.05) is 20.8 Å². The van der Waals surface area contributed by atoms with Crippen molar-refractivity contribution in [1.29, 1.82) is 0 Å². The van der Waals surface area contributed by atoms with E-state index in [0.29, 0.717) is 0 Å². The van der Waals surface area contributed by atoms with Gasteiger partial charge in [0.05, 0.1) is 5.60 Å². The molecule has 0 aliphatic heterocycles. The third-order valence-electron chi connectivity index (χ3n) is 3.99. The molecule has 0 aromatic carbocycles. The number of nitrogens with zero attached hydrogens (tertiary/aromatic N) is 2. The maximum Gasteiger partial charge on any atom is 0.425 e. The summed E-state index contributed by atoms with van der Waals surface area (Å²) in [6.07, 6.45) is -0.0159. The molecule has 0 unspecified atom stereocenters. The summed E-state index contributed by atoms with van der Waals surface area (Å²) in [6, 6.07) is 1.69. The molecule has 0 N–H and O–H groups in total. The van der Waals surface area contributed by atoms with Gasteiger partial charge in [-0.05, 0) is 79.0 Å². The normalized spacial score (nSPS) is 13.4. The van der Waals surface area contributed by atoms with Crippen LogP contribution in [0.1, 0.15) is 87.3 Å². The highest BCUT2D eigenvalue weighted by Gasteiger charge is 2.34. The summed E-state index contributed by atoms with van der Waals surface area (Å²) in [6.45, 7) is 22.8. The summed E-state index contributed by atoms with van der Waals surface area (Å²) in [5, 5.41) is 0.156. The molecule has 0 saturated heterocycles. The Morgan fingerprint density at radius 3 is 1.68 bits per heavy atom. The molecule has 0 saturated carbocycles. The minimum absolute atomic E-state index is 0.147. The largest absolute Gasteiger partial charge is 0.443 e. The Bertz CT molecular complexity index is 774. The minimum Gasteiger partial charge on any atom is -0.443 e. The molecule has 31 heavy (non-hydrogen) atoms. The second-order valence-corrected chi connectivity index (χ2v) is 14.2. The molecule has 1 aromatic heterocycles. The molecular formula is C23H40N2O5Si. The van der Waals surface area contributed by atoms with Crippen LogP contribution in [0.5, 0.6) is 0 Å². The zero-order chi connectivity index (χ0) is 24.4. The van der Waals surface area contributed by atoms with Crippen LogP contribution in [0.3, 0.4) is 0 Å². The van der Waals surface area contributed by atoms with E-state index in [1.54, 1.807) is 53.8 Å². The molecule has 0 fully saturated rings. The number of anilines is 1. The number of ether oxygens (including phenoxy) is 2. The van der Waals surface area contributed by atoms with Gasteiger partial charge >= 0.3 is 12.2 Å². The van der Waals surface area contributed by atoms with Crippen molar-refractivity contribution >= 4 is 27.8 Å². The highest BCUT2D eigenvalue weighted by molar-refractivity contribution is 6.31. The van der Waals surface area contributed by atoms with Crippen molar-refractivity contribution in [3.8, 4) is 0 Å². The lowest BCUT2D eigenvalue weighted by molar-refractivity contribution is 0.0429. The molecule has 1 rings (SSSR count). The molecule has 176 valence electrons. The number of amides is 2. The zero-order valence-corrected chi connectivity index (χ0v) is 22.7. The van der Waals surface area contributed by atoms with E-state index >= 15 is 0 Å². The fourth-order valence-electron chi connectivity index (χ4n) is 2.65. The lowest BCUT2D eigenvalue weighted by atomic mass is 9.96. The summed E-state index contributed by atoms with van der Waals surface area (Å²) >= 11 is 0. The molecule has 1 aromatic rings. The minimum atomic E-state index is -0.836. The topological polar surface area (TPSA) is 78.0 Å². The lowest BCUT2D eigenvalue weighted by Gasteiger charge is -2.32. The van der Waals surface area contributed by atoms with E-state index in [4.69, 9.17) is 13.9 Å². The van der Waals surface area contributed by atoms with Gasteiger partial charge in [0.1, 0.15) is 17.0 Å². The van der Waals surface area contributed by atoms with Crippen molar-refractivity contribution in [2.24, 2.45) is 0 Å². The first kappa shape index (κ1) is 27.1. The van der Waals surface area contributed by atoms with Crippen molar-refractivity contribution in [3.05, 3.63) is 23.4 Å². The third kappa shape index (κ3) is 8.99. The number of hydrogen-bond donors (Lipinski definition) is 0. The predicted molar refractivity (Wildman–Crippen MR) is 126 cm³/mol. The van der Waals surface area contributed by atoms with E-state index in [2.05, 4.69) is 25.8 Å². The van der Waals surface area contributed by atoms with Crippen molar-refractivity contribution in [3.63, 3.8) is 0 Å². The first-order valence-corrected chi connectivity index (χ1v) is 11.9. The first-order chi connectivity index (χ1) is 13.7. The van der Waals surface area contributed by atoms with Gasteiger partial charge in [-0.1, -0.05) is 20.8 Å². The number of rotatable bonds is 4. The van der Waals surface area contributed by atoms with Crippen molar-refractivity contribution < 1.29 is 23.5 Å². The molecule has 0 radical (unpaired) electrons. The maximum atomic E-state index is 12.8. The van der Waals surface area contributed by atoms with Crippen LogP contribution in [0.25, 0.3) is 0 Å². The fraction of sp³-hybridized carbons (Fsp3) is 0.696. The predicted octanol–water partition coefficient (Wildman–Crippen LogP) is 5.62. The smallest absolute Gasteiger partial charge is 0.425 e. The molecule has 1 heterocycles. The van der Waals surface area contributed by atoms with Crippen LogP contribution in [0, 0.1) is 6.92 Å². The highest BCUT2D eigenvalue weighted by atomic mass is 28.2.